The SMILES string of the molecule is CCCn1cc(S(=O)(=O)NC[C@H](C)O)cc1C(=O)O. The first-order valence-corrected chi connectivity index (χ1v) is 7.37. The average Bonchev–Trinajstić information content (AvgIpc) is 2.72. The number of aromatic carboxylic acids is 1. The van der Waals surface area contributed by atoms with Gasteiger partial charge in [0, 0.05) is 19.3 Å². The van der Waals surface area contributed by atoms with Gasteiger partial charge in [-0.15, -0.1) is 0 Å². The summed E-state index contributed by atoms with van der Waals surface area (Å²) in [5, 5.41) is 18.1. The van der Waals surface area contributed by atoms with Gasteiger partial charge in [0.1, 0.15) is 10.6 Å². The van der Waals surface area contributed by atoms with Crippen molar-refractivity contribution in [2.75, 3.05) is 6.54 Å². The van der Waals surface area contributed by atoms with Crippen LogP contribution in [0, 0.1) is 0 Å². The van der Waals surface area contributed by atoms with Gasteiger partial charge in [-0.25, -0.2) is 17.9 Å². The molecule has 108 valence electrons. The fraction of sp³-hybridized carbons (Fsp3) is 0.545. The molecule has 0 aliphatic carbocycles. The molecule has 1 heterocycles. The van der Waals surface area contributed by atoms with Crippen molar-refractivity contribution in [1.82, 2.24) is 9.29 Å². The largest absolute Gasteiger partial charge is 0.477 e. The van der Waals surface area contributed by atoms with Gasteiger partial charge in [0.05, 0.1) is 6.10 Å². The van der Waals surface area contributed by atoms with Crippen molar-refractivity contribution in [2.24, 2.45) is 0 Å². The lowest BCUT2D eigenvalue weighted by molar-refractivity contribution is 0.0685. The standard InChI is InChI=1S/C11H18N2O5S/c1-3-4-13-7-9(5-10(13)11(15)16)19(17,18)12-6-8(2)14/h5,7-8,12,14H,3-4,6H2,1-2H3,(H,15,16)/t8-/m0/s1. The molecule has 0 aliphatic rings. The third kappa shape index (κ3) is 4.05. The maximum atomic E-state index is 11.9. The molecule has 3 N–H and O–H groups in total. The van der Waals surface area contributed by atoms with Gasteiger partial charge in [-0.2, -0.15) is 0 Å². The van der Waals surface area contributed by atoms with Crippen LogP contribution in [0.15, 0.2) is 17.2 Å². The number of hydrogen-bond acceptors (Lipinski definition) is 4. The number of carboxylic acid groups (broad SMARTS) is 1. The van der Waals surface area contributed by atoms with Crippen molar-refractivity contribution in [1.29, 1.82) is 0 Å². The molecule has 0 amide bonds. The van der Waals surface area contributed by atoms with E-state index in [0.29, 0.717) is 13.0 Å². The molecule has 0 aliphatic heterocycles. The zero-order valence-electron chi connectivity index (χ0n) is 10.8. The van der Waals surface area contributed by atoms with E-state index in [1.807, 2.05) is 6.92 Å². The van der Waals surface area contributed by atoms with Crippen LogP contribution in [0.4, 0.5) is 0 Å². The number of aliphatic hydroxyl groups is 1. The molecule has 19 heavy (non-hydrogen) atoms. The summed E-state index contributed by atoms with van der Waals surface area (Å²) in [5.41, 5.74) is -0.0701. The number of nitrogens with one attached hydrogen (secondary N) is 1. The lowest BCUT2D eigenvalue weighted by atomic mass is 10.4. The Bertz CT molecular complexity index is 547. The van der Waals surface area contributed by atoms with Crippen molar-refractivity contribution in [3.63, 3.8) is 0 Å². The molecule has 0 saturated carbocycles. The highest BCUT2D eigenvalue weighted by molar-refractivity contribution is 7.89. The second kappa shape index (κ2) is 6.18. The van der Waals surface area contributed by atoms with Crippen LogP contribution in [0.3, 0.4) is 0 Å². The van der Waals surface area contributed by atoms with Crippen LogP contribution in [-0.4, -0.2) is 41.8 Å². The quantitative estimate of drug-likeness (QED) is 0.667. The van der Waals surface area contributed by atoms with Gasteiger partial charge in [0.25, 0.3) is 0 Å². The molecule has 0 aromatic carbocycles. The highest BCUT2D eigenvalue weighted by Crippen LogP contribution is 2.15. The van der Waals surface area contributed by atoms with Crippen LogP contribution in [0.5, 0.6) is 0 Å². The minimum Gasteiger partial charge on any atom is -0.477 e. The summed E-state index contributed by atoms with van der Waals surface area (Å²) in [6.45, 7) is 3.62. The molecular formula is C11H18N2O5S. The van der Waals surface area contributed by atoms with Crippen molar-refractivity contribution < 1.29 is 23.4 Å². The van der Waals surface area contributed by atoms with Crippen LogP contribution in [-0.2, 0) is 16.6 Å². The van der Waals surface area contributed by atoms with E-state index in [4.69, 9.17) is 10.2 Å². The molecule has 1 aromatic rings. The number of carboxylic acids is 1. The number of sulfonamides is 1. The van der Waals surface area contributed by atoms with Crippen molar-refractivity contribution >= 4 is 16.0 Å². The predicted molar refractivity (Wildman–Crippen MR) is 68.6 cm³/mol. The van der Waals surface area contributed by atoms with Crippen LogP contribution in [0.25, 0.3) is 0 Å². The number of rotatable bonds is 7. The van der Waals surface area contributed by atoms with Crippen molar-refractivity contribution in [3.05, 3.63) is 18.0 Å². The number of aliphatic hydroxyl groups excluding tert-OH is 1. The number of nitrogens with zero attached hydrogens (tertiary/aromatic N) is 1. The Labute approximate surface area is 111 Å². The molecule has 0 radical (unpaired) electrons. The van der Waals surface area contributed by atoms with Crippen LogP contribution < -0.4 is 4.72 Å². The van der Waals surface area contributed by atoms with E-state index in [0.717, 1.165) is 6.07 Å². The number of aromatic nitrogens is 1. The average molecular weight is 290 g/mol. The Balaban J connectivity index is 3.07. The third-order valence-corrected chi connectivity index (χ3v) is 3.82. The summed E-state index contributed by atoms with van der Waals surface area (Å²) >= 11 is 0. The third-order valence-electron chi connectivity index (χ3n) is 2.43. The van der Waals surface area contributed by atoms with Crippen LogP contribution >= 0.6 is 0 Å². The van der Waals surface area contributed by atoms with E-state index in [1.54, 1.807) is 0 Å². The second-order valence-electron chi connectivity index (χ2n) is 4.26. The van der Waals surface area contributed by atoms with E-state index >= 15 is 0 Å². The van der Waals surface area contributed by atoms with E-state index in [2.05, 4.69) is 4.72 Å². The zero-order valence-corrected chi connectivity index (χ0v) is 11.6. The molecule has 0 unspecified atom stereocenters. The molecule has 0 bridgehead atoms. The van der Waals surface area contributed by atoms with Gasteiger partial charge in [0.15, 0.2) is 0 Å². The van der Waals surface area contributed by atoms with E-state index in [-0.39, 0.29) is 17.1 Å². The first kappa shape index (κ1) is 15.7. The Morgan fingerprint density at radius 2 is 2.16 bits per heavy atom. The maximum absolute atomic E-state index is 11.9. The molecular weight excluding hydrogens is 272 g/mol. The molecule has 1 rings (SSSR count). The molecule has 8 heteroatoms. The Hall–Kier alpha value is -1.38. The summed E-state index contributed by atoms with van der Waals surface area (Å²) in [7, 11) is -3.80. The van der Waals surface area contributed by atoms with Crippen LogP contribution in [0.1, 0.15) is 30.8 Å². The fourth-order valence-corrected chi connectivity index (χ4v) is 2.71. The van der Waals surface area contributed by atoms with E-state index in [1.165, 1.54) is 17.7 Å². The molecule has 0 spiro atoms. The second-order valence-corrected chi connectivity index (χ2v) is 6.03. The van der Waals surface area contributed by atoms with E-state index < -0.39 is 22.1 Å². The summed E-state index contributed by atoms with van der Waals surface area (Å²) < 4.78 is 27.4. The summed E-state index contributed by atoms with van der Waals surface area (Å²) in [5.74, 6) is -1.18. The maximum Gasteiger partial charge on any atom is 0.352 e. The number of carbonyl (C=O) groups is 1. The van der Waals surface area contributed by atoms with Crippen molar-refractivity contribution in [3.8, 4) is 0 Å². The lowest BCUT2D eigenvalue weighted by Crippen LogP contribution is -2.30. The molecule has 7 nitrogen and oxygen atoms in total. The highest BCUT2D eigenvalue weighted by atomic mass is 32.2. The molecule has 1 atom stereocenters. The smallest absolute Gasteiger partial charge is 0.352 e. The first-order chi connectivity index (χ1) is 8.77. The highest BCUT2D eigenvalue weighted by Gasteiger charge is 2.21. The van der Waals surface area contributed by atoms with Gasteiger partial charge in [-0.3, -0.25) is 0 Å². The minimum atomic E-state index is -3.80. The van der Waals surface area contributed by atoms with Crippen molar-refractivity contribution in [2.45, 2.75) is 37.8 Å². The molecule has 1 aromatic heterocycles. The summed E-state index contributed by atoms with van der Waals surface area (Å²) in [6.07, 6.45) is 1.17. The predicted octanol–water partition coefficient (Wildman–Crippen LogP) is 0.255. The Morgan fingerprint density at radius 3 is 2.63 bits per heavy atom. The van der Waals surface area contributed by atoms with Gasteiger partial charge in [0.2, 0.25) is 10.0 Å². The minimum absolute atomic E-state index is 0.0701. The van der Waals surface area contributed by atoms with Gasteiger partial charge >= 0.3 is 5.97 Å². The Morgan fingerprint density at radius 1 is 1.53 bits per heavy atom. The first-order valence-electron chi connectivity index (χ1n) is 5.89. The lowest BCUT2D eigenvalue weighted by Gasteiger charge is -2.06. The molecule has 0 saturated heterocycles. The van der Waals surface area contributed by atoms with Crippen LogP contribution in [0.2, 0.25) is 0 Å². The summed E-state index contributed by atoms with van der Waals surface area (Å²) in [6, 6.07) is 1.11. The fourth-order valence-electron chi connectivity index (χ4n) is 1.55. The normalized spacial score (nSPS) is 13.4. The molecule has 0 fully saturated rings. The number of hydrogen-bond donors (Lipinski definition) is 3. The zero-order chi connectivity index (χ0) is 14.6. The monoisotopic (exact) mass is 290 g/mol. The van der Waals surface area contributed by atoms with Gasteiger partial charge in [-0.05, 0) is 19.4 Å². The summed E-state index contributed by atoms with van der Waals surface area (Å²) in [4.78, 5) is 10.9. The van der Waals surface area contributed by atoms with E-state index in [9.17, 15) is 13.2 Å². The Kier molecular flexibility index (Phi) is 5.10. The van der Waals surface area contributed by atoms with Gasteiger partial charge in [-0.1, -0.05) is 6.92 Å². The topological polar surface area (TPSA) is 109 Å². The number of aryl methyl sites for hydroxylation is 1. The van der Waals surface area contributed by atoms with Gasteiger partial charge < -0.3 is 14.8 Å².